The van der Waals surface area contributed by atoms with Crippen molar-refractivity contribution in [3.8, 4) is 0 Å². The molecule has 0 bridgehead atoms. The first-order valence-corrected chi connectivity index (χ1v) is 7.24. The Bertz CT molecular complexity index is 551. The molecule has 1 aromatic rings. The molecule has 0 aliphatic carbocycles. The van der Waals surface area contributed by atoms with Gasteiger partial charge in [-0.2, -0.15) is 0 Å². The summed E-state index contributed by atoms with van der Waals surface area (Å²) in [5.74, 6) is -1.25. The average Bonchev–Trinajstić information content (AvgIpc) is 2.83. The number of esters is 1. The average molecular weight is 310 g/mol. The number of nitrogens with one attached hydrogen (secondary N) is 2. The van der Waals surface area contributed by atoms with Gasteiger partial charge in [0.1, 0.15) is 4.88 Å². The molecular formula is C14H18N2O4S. The fraction of sp³-hybridized carbons (Fsp3) is 0.357. The lowest BCUT2D eigenvalue weighted by Crippen LogP contribution is -2.41. The van der Waals surface area contributed by atoms with Gasteiger partial charge in [-0.3, -0.25) is 10.1 Å². The van der Waals surface area contributed by atoms with Crippen molar-refractivity contribution < 1.29 is 19.1 Å². The Balaban J connectivity index is 2.43. The van der Waals surface area contributed by atoms with Crippen LogP contribution >= 0.6 is 11.3 Å². The second-order valence-electron chi connectivity index (χ2n) is 4.19. The minimum Gasteiger partial charge on any atom is -0.451 e. The number of hydrogen-bond donors (Lipinski definition) is 2. The van der Waals surface area contributed by atoms with Crippen LogP contribution in [0.1, 0.15) is 27.0 Å². The summed E-state index contributed by atoms with van der Waals surface area (Å²) in [7, 11) is 0. The highest BCUT2D eigenvalue weighted by Crippen LogP contribution is 2.22. The van der Waals surface area contributed by atoms with Gasteiger partial charge < -0.3 is 10.1 Å². The molecular weight excluding hydrogens is 292 g/mol. The minimum atomic E-state index is -0.686. The first-order chi connectivity index (χ1) is 9.97. The molecule has 21 heavy (non-hydrogen) atoms. The number of amides is 3. The van der Waals surface area contributed by atoms with E-state index in [0.717, 1.165) is 16.9 Å². The van der Waals surface area contributed by atoms with Crippen LogP contribution < -0.4 is 10.6 Å². The molecule has 114 valence electrons. The maximum Gasteiger partial charge on any atom is 0.348 e. The van der Waals surface area contributed by atoms with Crippen LogP contribution in [0.3, 0.4) is 0 Å². The second kappa shape index (κ2) is 8.21. The SMILES string of the molecule is C=CCNC(=O)NC(=O)COC(=O)c1cc(C)c(CC)s1. The van der Waals surface area contributed by atoms with Gasteiger partial charge in [0.25, 0.3) is 5.91 Å². The van der Waals surface area contributed by atoms with Gasteiger partial charge in [-0.25, -0.2) is 9.59 Å². The first kappa shape index (κ1) is 16.9. The third kappa shape index (κ3) is 5.39. The van der Waals surface area contributed by atoms with Gasteiger partial charge >= 0.3 is 12.0 Å². The van der Waals surface area contributed by atoms with Crippen LogP contribution in [0.15, 0.2) is 18.7 Å². The molecule has 0 aliphatic rings. The van der Waals surface area contributed by atoms with Crippen molar-refractivity contribution in [2.45, 2.75) is 20.3 Å². The van der Waals surface area contributed by atoms with Crippen molar-refractivity contribution >= 4 is 29.2 Å². The van der Waals surface area contributed by atoms with Crippen molar-refractivity contribution in [1.29, 1.82) is 0 Å². The number of rotatable bonds is 6. The van der Waals surface area contributed by atoms with E-state index in [1.165, 1.54) is 17.4 Å². The molecule has 0 saturated carbocycles. The van der Waals surface area contributed by atoms with Crippen molar-refractivity contribution in [1.82, 2.24) is 10.6 Å². The molecule has 0 atom stereocenters. The highest BCUT2D eigenvalue weighted by molar-refractivity contribution is 7.14. The summed E-state index contributed by atoms with van der Waals surface area (Å²) in [5, 5.41) is 4.41. The largest absolute Gasteiger partial charge is 0.451 e. The lowest BCUT2D eigenvalue weighted by atomic mass is 10.2. The Morgan fingerprint density at radius 1 is 1.43 bits per heavy atom. The van der Waals surface area contributed by atoms with Crippen LogP contribution in [0.2, 0.25) is 0 Å². The van der Waals surface area contributed by atoms with E-state index in [4.69, 9.17) is 4.74 Å². The summed E-state index contributed by atoms with van der Waals surface area (Å²) in [6.07, 6.45) is 2.32. The van der Waals surface area contributed by atoms with Gasteiger partial charge in [-0.15, -0.1) is 17.9 Å². The van der Waals surface area contributed by atoms with E-state index >= 15 is 0 Å². The van der Waals surface area contributed by atoms with Gasteiger partial charge in [0.05, 0.1) is 0 Å². The first-order valence-electron chi connectivity index (χ1n) is 6.43. The maximum atomic E-state index is 11.8. The standard InChI is InChI=1S/C14H18N2O4S/c1-4-6-15-14(19)16-12(17)8-20-13(18)11-7-9(3)10(5-2)21-11/h4,7H,1,5-6,8H2,2-3H3,(H2,15,16,17,19). The summed E-state index contributed by atoms with van der Waals surface area (Å²) in [6, 6.07) is 1.08. The third-order valence-electron chi connectivity index (χ3n) is 2.54. The Kier molecular flexibility index (Phi) is 6.61. The Morgan fingerprint density at radius 3 is 2.71 bits per heavy atom. The summed E-state index contributed by atoms with van der Waals surface area (Å²) >= 11 is 1.35. The van der Waals surface area contributed by atoms with Crippen LogP contribution in [-0.2, 0) is 16.0 Å². The molecule has 1 heterocycles. The summed E-state index contributed by atoms with van der Waals surface area (Å²) < 4.78 is 4.87. The zero-order chi connectivity index (χ0) is 15.8. The lowest BCUT2D eigenvalue weighted by molar-refractivity contribution is -0.123. The van der Waals surface area contributed by atoms with Crippen LogP contribution in [0, 0.1) is 6.92 Å². The van der Waals surface area contributed by atoms with Crippen LogP contribution in [-0.4, -0.2) is 31.1 Å². The topological polar surface area (TPSA) is 84.5 Å². The highest BCUT2D eigenvalue weighted by Gasteiger charge is 2.15. The van der Waals surface area contributed by atoms with Gasteiger partial charge in [0.2, 0.25) is 0 Å². The van der Waals surface area contributed by atoms with E-state index in [1.807, 2.05) is 19.2 Å². The number of carbonyl (C=O) groups excluding carboxylic acids is 3. The number of hydrogen-bond acceptors (Lipinski definition) is 5. The number of urea groups is 1. The summed E-state index contributed by atoms with van der Waals surface area (Å²) in [6.45, 7) is 7.09. The quantitative estimate of drug-likeness (QED) is 0.619. The normalized spacial score (nSPS) is 9.81. The number of aryl methyl sites for hydroxylation is 2. The predicted octanol–water partition coefficient (Wildman–Crippen LogP) is 1.79. The number of ether oxygens (including phenoxy) is 1. The number of thiophene rings is 1. The maximum absolute atomic E-state index is 11.8. The van der Waals surface area contributed by atoms with E-state index in [-0.39, 0.29) is 6.54 Å². The molecule has 0 radical (unpaired) electrons. The van der Waals surface area contributed by atoms with E-state index in [1.54, 1.807) is 6.07 Å². The van der Waals surface area contributed by atoms with Crippen molar-refractivity contribution in [2.75, 3.05) is 13.2 Å². The van der Waals surface area contributed by atoms with Gasteiger partial charge in [-0.05, 0) is 25.0 Å². The lowest BCUT2D eigenvalue weighted by Gasteiger charge is -2.05. The molecule has 3 amide bonds. The fourth-order valence-corrected chi connectivity index (χ4v) is 2.55. The molecule has 0 spiro atoms. The van der Waals surface area contributed by atoms with Crippen molar-refractivity contribution in [3.63, 3.8) is 0 Å². The molecule has 0 aromatic carbocycles. The van der Waals surface area contributed by atoms with Gasteiger partial charge in [0, 0.05) is 11.4 Å². The van der Waals surface area contributed by atoms with E-state index in [2.05, 4.69) is 11.9 Å². The van der Waals surface area contributed by atoms with Gasteiger partial charge in [0.15, 0.2) is 6.61 Å². The van der Waals surface area contributed by atoms with Gasteiger partial charge in [-0.1, -0.05) is 13.0 Å². The highest BCUT2D eigenvalue weighted by atomic mass is 32.1. The molecule has 7 heteroatoms. The van der Waals surface area contributed by atoms with Crippen molar-refractivity contribution in [3.05, 3.63) is 34.0 Å². The van der Waals surface area contributed by atoms with Crippen LogP contribution in [0.5, 0.6) is 0 Å². The number of imide groups is 1. The minimum absolute atomic E-state index is 0.243. The monoisotopic (exact) mass is 310 g/mol. The molecule has 1 rings (SSSR count). The zero-order valence-electron chi connectivity index (χ0n) is 12.0. The fourth-order valence-electron chi connectivity index (χ4n) is 1.55. The molecule has 0 saturated heterocycles. The second-order valence-corrected chi connectivity index (χ2v) is 5.33. The number of carbonyl (C=O) groups is 3. The molecule has 6 nitrogen and oxygen atoms in total. The molecule has 0 unspecified atom stereocenters. The van der Waals surface area contributed by atoms with Crippen LogP contribution in [0.4, 0.5) is 4.79 Å². The van der Waals surface area contributed by atoms with E-state index in [0.29, 0.717) is 4.88 Å². The predicted molar refractivity (Wildman–Crippen MR) is 80.5 cm³/mol. The molecule has 0 fully saturated rings. The van der Waals surface area contributed by atoms with E-state index < -0.39 is 24.5 Å². The summed E-state index contributed by atoms with van der Waals surface area (Å²) in [4.78, 5) is 35.9. The Labute approximate surface area is 127 Å². The summed E-state index contributed by atoms with van der Waals surface area (Å²) in [5.41, 5.74) is 1.03. The van der Waals surface area contributed by atoms with Crippen molar-refractivity contribution in [2.24, 2.45) is 0 Å². The Morgan fingerprint density at radius 2 is 2.14 bits per heavy atom. The molecule has 0 aliphatic heterocycles. The molecule has 2 N–H and O–H groups in total. The van der Waals surface area contributed by atoms with E-state index in [9.17, 15) is 14.4 Å². The zero-order valence-corrected chi connectivity index (χ0v) is 12.8. The third-order valence-corrected chi connectivity index (χ3v) is 3.90. The molecule has 1 aromatic heterocycles. The smallest absolute Gasteiger partial charge is 0.348 e. The Hall–Kier alpha value is -2.15. The van der Waals surface area contributed by atoms with Crippen LogP contribution in [0.25, 0.3) is 0 Å².